The number of anilines is 2. The van der Waals surface area contributed by atoms with E-state index in [1.54, 1.807) is 12.1 Å². The van der Waals surface area contributed by atoms with Crippen LogP contribution in [0.5, 0.6) is 0 Å². The Bertz CT molecular complexity index is 944. The minimum absolute atomic E-state index is 0.560. The predicted octanol–water partition coefficient (Wildman–Crippen LogP) is 3.35. The molecule has 0 bridgehead atoms. The molecule has 0 saturated carbocycles. The molecule has 6 heteroatoms. The largest absolute Gasteiger partial charge is 0.479 e. The summed E-state index contributed by atoms with van der Waals surface area (Å²) in [7, 11) is 0. The molecule has 26 heavy (non-hydrogen) atoms. The van der Waals surface area contributed by atoms with Crippen molar-refractivity contribution in [2.24, 2.45) is 0 Å². The molecule has 0 amide bonds. The number of benzene rings is 2. The zero-order valence-electron chi connectivity index (χ0n) is 14.0. The molecule has 0 aliphatic carbocycles. The summed E-state index contributed by atoms with van der Waals surface area (Å²) in [5.74, 6) is -0.388. The number of carbonyl (C=O) groups is 1. The quantitative estimate of drug-likeness (QED) is 0.671. The molecule has 0 saturated heterocycles. The molecule has 1 atom stereocenters. The van der Waals surface area contributed by atoms with Gasteiger partial charge in [0, 0.05) is 23.4 Å². The summed E-state index contributed by atoms with van der Waals surface area (Å²) < 4.78 is 0. The molecule has 3 aromatic rings. The van der Waals surface area contributed by atoms with Gasteiger partial charge in [-0.1, -0.05) is 48.5 Å². The number of para-hydroxylation sites is 1. The van der Waals surface area contributed by atoms with Crippen LogP contribution < -0.4 is 10.6 Å². The Morgan fingerprint density at radius 2 is 1.85 bits per heavy atom. The van der Waals surface area contributed by atoms with Crippen molar-refractivity contribution in [3.05, 3.63) is 72.1 Å². The van der Waals surface area contributed by atoms with Gasteiger partial charge in [-0.25, -0.2) is 14.8 Å². The van der Waals surface area contributed by atoms with Gasteiger partial charge in [0.2, 0.25) is 0 Å². The van der Waals surface area contributed by atoms with E-state index in [0.29, 0.717) is 17.8 Å². The highest BCUT2D eigenvalue weighted by atomic mass is 16.4. The van der Waals surface area contributed by atoms with Crippen LogP contribution >= 0.6 is 0 Å². The number of rotatable bonds is 4. The summed E-state index contributed by atoms with van der Waals surface area (Å²) in [5.41, 5.74) is 4.46. The first-order valence-electron chi connectivity index (χ1n) is 8.45. The molecule has 0 spiro atoms. The fourth-order valence-electron chi connectivity index (χ4n) is 3.24. The summed E-state index contributed by atoms with van der Waals surface area (Å²) in [6, 6.07) is 16.2. The molecule has 130 valence electrons. The van der Waals surface area contributed by atoms with Gasteiger partial charge in [-0.05, 0) is 18.1 Å². The summed E-state index contributed by atoms with van der Waals surface area (Å²) in [4.78, 5) is 20.6. The zero-order valence-corrected chi connectivity index (χ0v) is 14.0. The van der Waals surface area contributed by atoms with E-state index in [1.165, 1.54) is 6.33 Å². The standard InChI is InChI=1S/C20H18N4O2/c25-20(26)17(13-6-2-1-3-7-13)24-19-15-10-11-21-16-9-5-4-8-14(16)18(15)22-12-23-19/h1-9,12,17,21H,10-11H2,(H,25,26)(H,22,23,24). The van der Waals surface area contributed by atoms with Gasteiger partial charge in [-0.2, -0.15) is 0 Å². The van der Waals surface area contributed by atoms with Crippen LogP contribution in [0.1, 0.15) is 17.2 Å². The van der Waals surface area contributed by atoms with Crippen LogP contribution in [-0.4, -0.2) is 27.6 Å². The molecule has 2 heterocycles. The van der Waals surface area contributed by atoms with Gasteiger partial charge in [0.1, 0.15) is 12.1 Å². The second-order valence-electron chi connectivity index (χ2n) is 6.10. The van der Waals surface area contributed by atoms with Crippen LogP contribution in [0.15, 0.2) is 60.9 Å². The van der Waals surface area contributed by atoms with Crippen molar-refractivity contribution in [1.82, 2.24) is 9.97 Å². The average molecular weight is 346 g/mol. The normalized spacial score (nSPS) is 13.5. The monoisotopic (exact) mass is 346 g/mol. The number of nitrogens with one attached hydrogen (secondary N) is 2. The lowest BCUT2D eigenvalue weighted by Gasteiger charge is -2.18. The lowest BCUT2D eigenvalue weighted by atomic mass is 10.0. The number of fused-ring (bicyclic) bond motifs is 3. The Labute approximate surface area is 150 Å². The van der Waals surface area contributed by atoms with E-state index < -0.39 is 12.0 Å². The number of carboxylic acids is 1. The zero-order chi connectivity index (χ0) is 17.9. The summed E-state index contributed by atoms with van der Waals surface area (Å²) in [5, 5.41) is 16.2. The molecule has 2 aromatic carbocycles. The molecule has 1 aliphatic rings. The molecule has 0 fully saturated rings. The highest BCUT2D eigenvalue weighted by Gasteiger charge is 2.24. The Hall–Kier alpha value is -3.41. The van der Waals surface area contributed by atoms with Crippen LogP contribution in [0.25, 0.3) is 11.3 Å². The van der Waals surface area contributed by atoms with Gasteiger partial charge < -0.3 is 15.7 Å². The maximum atomic E-state index is 11.8. The first kappa shape index (κ1) is 16.1. The third-order valence-corrected chi connectivity index (χ3v) is 4.48. The van der Waals surface area contributed by atoms with Crippen molar-refractivity contribution < 1.29 is 9.90 Å². The highest BCUT2D eigenvalue weighted by Crippen LogP contribution is 2.35. The van der Waals surface area contributed by atoms with E-state index in [-0.39, 0.29) is 0 Å². The van der Waals surface area contributed by atoms with Gasteiger partial charge in [0.25, 0.3) is 0 Å². The number of hydrogen-bond donors (Lipinski definition) is 3. The number of aliphatic carboxylic acids is 1. The van der Waals surface area contributed by atoms with Crippen molar-refractivity contribution in [3.63, 3.8) is 0 Å². The van der Waals surface area contributed by atoms with Crippen LogP contribution in [-0.2, 0) is 11.2 Å². The Kier molecular flexibility index (Phi) is 4.23. The summed E-state index contributed by atoms with van der Waals surface area (Å²) >= 11 is 0. The third-order valence-electron chi connectivity index (χ3n) is 4.48. The van der Waals surface area contributed by atoms with Crippen molar-refractivity contribution in [3.8, 4) is 11.3 Å². The van der Waals surface area contributed by atoms with Crippen molar-refractivity contribution in [2.75, 3.05) is 17.2 Å². The Morgan fingerprint density at radius 3 is 2.65 bits per heavy atom. The topological polar surface area (TPSA) is 87.1 Å². The molecule has 1 unspecified atom stereocenters. The van der Waals surface area contributed by atoms with Gasteiger partial charge in [-0.15, -0.1) is 0 Å². The first-order valence-corrected chi connectivity index (χ1v) is 8.45. The molecule has 1 aromatic heterocycles. The van der Waals surface area contributed by atoms with E-state index >= 15 is 0 Å². The fraction of sp³-hybridized carbons (Fsp3) is 0.150. The predicted molar refractivity (Wildman–Crippen MR) is 100 cm³/mol. The van der Waals surface area contributed by atoms with E-state index in [1.807, 2.05) is 42.5 Å². The molecule has 0 radical (unpaired) electrons. The molecular formula is C20H18N4O2. The Morgan fingerprint density at radius 1 is 1.08 bits per heavy atom. The van der Waals surface area contributed by atoms with E-state index in [9.17, 15) is 9.90 Å². The summed E-state index contributed by atoms with van der Waals surface area (Å²) in [6.07, 6.45) is 2.18. The lowest BCUT2D eigenvalue weighted by Crippen LogP contribution is -2.22. The lowest BCUT2D eigenvalue weighted by molar-refractivity contribution is -0.138. The van der Waals surface area contributed by atoms with Crippen LogP contribution in [0, 0.1) is 0 Å². The maximum absolute atomic E-state index is 11.8. The third kappa shape index (κ3) is 2.97. The van der Waals surface area contributed by atoms with Gasteiger partial charge in [-0.3, -0.25) is 0 Å². The van der Waals surface area contributed by atoms with Gasteiger partial charge in [0.05, 0.1) is 5.69 Å². The number of hydrogen-bond acceptors (Lipinski definition) is 5. The molecule has 3 N–H and O–H groups in total. The first-order chi connectivity index (χ1) is 12.7. The average Bonchev–Trinajstić information content (AvgIpc) is 2.86. The van der Waals surface area contributed by atoms with E-state index in [0.717, 1.165) is 29.1 Å². The van der Waals surface area contributed by atoms with Crippen molar-refractivity contribution in [2.45, 2.75) is 12.5 Å². The molecule has 4 rings (SSSR count). The van der Waals surface area contributed by atoms with Gasteiger partial charge in [0.15, 0.2) is 6.04 Å². The van der Waals surface area contributed by atoms with Crippen molar-refractivity contribution in [1.29, 1.82) is 0 Å². The van der Waals surface area contributed by atoms with Crippen molar-refractivity contribution >= 4 is 17.5 Å². The van der Waals surface area contributed by atoms with E-state index in [2.05, 4.69) is 20.6 Å². The highest BCUT2D eigenvalue weighted by molar-refractivity contribution is 5.83. The second kappa shape index (κ2) is 6.84. The SMILES string of the molecule is O=C(O)C(Nc1ncnc2c1CCNc1ccccc1-2)c1ccccc1. The maximum Gasteiger partial charge on any atom is 0.330 e. The molecule has 1 aliphatic heterocycles. The van der Waals surface area contributed by atoms with Crippen LogP contribution in [0.2, 0.25) is 0 Å². The fourth-order valence-corrected chi connectivity index (χ4v) is 3.24. The minimum Gasteiger partial charge on any atom is -0.479 e. The summed E-state index contributed by atoms with van der Waals surface area (Å²) in [6.45, 7) is 0.731. The number of aromatic nitrogens is 2. The van der Waals surface area contributed by atoms with Gasteiger partial charge >= 0.3 is 5.97 Å². The molecule has 6 nitrogen and oxygen atoms in total. The minimum atomic E-state index is -0.948. The number of carboxylic acid groups (broad SMARTS) is 1. The smallest absolute Gasteiger partial charge is 0.330 e. The second-order valence-corrected chi connectivity index (χ2v) is 6.10. The van der Waals surface area contributed by atoms with Crippen LogP contribution in [0.4, 0.5) is 11.5 Å². The number of nitrogens with zero attached hydrogens (tertiary/aromatic N) is 2. The molecular weight excluding hydrogens is 328 g/mol. The van der Waals surface area contributed by atoms with E-state index in [4.69, 9.17) is 0 Å². The van der Waals surface area contributed by atoms with Crippen LogP contribution in [0.3, 0.4) is 0 Å². The Balaban J connectivity index is 1.76.